The van der Waals surface area contributed by atoms with E-state index in [0.717, 1.165) is 133 Å². The molecule has 12 rings (SSSR count). The normalized spacial score (nSPS) is 10.6. The quantitative estimate of drug-likeness (QED) is 0.0225. The van der Waals surface area contributed by atoms with Crippen LogP contribution in [-0.4, -0.2) is 94.8 Å². The summed E-state index contributed by atoms with van der Waals surface area (Å²) in [6.45, 7) is 5.75. The third-order valence-corrected chi connectivity index (χ3v) is 18.2. The number of rotatable bonds is 18. The van der Waals surface area contributed by atoms with Crippen LogP contribution in [-0.2, 0) is 16.9 Å². The van der Waals surface area contributed by atoms with Crippen LogP contribution in [0.25, 0.3) is 62.6 Å². The molecule has 484 valence electrons. The van der Waals surface area contributed by atoms with E-state index in [9.17, 15) is 4.79 Å². The molecule has 0 amide bonds. The van der Waals surface area contributed by atoms with E-state index in [1.807, 2.05) is 109 Å². The average molecular weight is 1570 g/mol. The molecule has 0 spiro atoms. The Labute approximate surface area is 586 Å². The van der Waals surface area contributed by atoms with Crippen molar-refractivity contribution in [3.05, 3.63) is 211 Å². The number of aldehydes is 1. The molecule has 4 aromatic heterocycles. The molecule has 0 saturated carbocycles. The molecule has 0 aliphatic carbocycles. The Morgan fingerprint density at radius 3 is 1.29 bits per heavy atom. The zero-order valence-corrected chi connectivity index (χ0v) is 60.1. The molecule has 8 aromatic carbocycles. The summed E-state index contributed by atoms with van der Waals surface area (Å²) in [4.78, 5) is 10.5. The van der Waals surface area contributed by atoms with Crippen molar-refractivity contribution in [3.63, 3.8) is 0 Å². The summed E-state index contributed by atoms with van der Waals surface area (Å²) in [5, 5.41) is 15.9. The zero-order valence-electron chi connectivity index (χ0n) is 49.8. The third kappa shape index (κ3) is 25.7. The first kappa shape index (κ1) is 75.0. The van der Waals surface area contributed by atoms with Gasteiger partial charge in [0, 0.05) is 60.2 Å². The van der Waals surface area contributed by atoms with Crippen LogP contribution in [0.2, 0.25) is 10.3 Å². The molecule has 27 heteroatoms. The van der Waals surface area contributed by atoms with Gasteiger partial charge in [-0.25, -0.2) is 0 Å². The standard InChI is InChI=1S/C24H24BrN3OS.C14H12O2.C10H12BrN3S.C7H3BrClNS.C7H4ClNS.C3H10N2.H2O4S/c1-29-21-10-7-19(8-11-21)18-5-3-17(4-6-18)16-26-13-2-14-27-24-22-15-20(25)9-12-23(22)30-28-24;1-16-14-8-6-13(7-9-14)12-4-2-11(10-15)3-5-12;11-7-2-3-9-8(6-7)10(14-15-9)13-5-1-4-12;8-4-1-2-6-5(3-4)7(9)10-11-6;8-7-5-3-1-2-4-6(5)10-9-7;4-2-1-3-5;1-5(2,3)4/h3-12,15,26H,2,13-14,16H2,1H3,(H,27,28);2-10H,1H3;2-3,6H,1,4-5,12H2,(H,13,14);1-3H;1-4H;1-5H2;(H2,1,2,3,4). The molecular weight excluding hydrogens is 1500 g/mol. The van der Waals surface area contributed by atoms with Gasteiger partial charge in [-0.2, -0.15) is 25.9 Å². The molecule has 0 fully saturated rings. The van der Waals surface area contributed by atoms with E-state index < -0.39 is 10.4 Å². The number of methoxy groups -OCH3 is 2. The predicted octanol–water partition coefficient (Wildman–Crippen LogP) is 17.6. The largest absolute Gasteiger partial charge is 0.497 e. The average Bonchev–Trinajstić information content (AvgIpc) is 1.78. The van der Waals surface area contributed by atoms with Gasteiger partial charge in [0.15, 0.2) is 10.3 Å². The number of carbonyl (C=O) groups is 1. The van der Waals surface area contributed by atoms with E-state index in [2.05, 4.69) is 148 Å². The molecule has 0 saturated heterocycles. The number of nitrogens with two attached hydrogens (primary N) is 3. The van der Waals surface area contributed by atoms with E-state index in [1.54, 1.807) is 14.2 Å². The van der Waals surface area contributed by atoms with E-state index in [0.29, 0.717) is 22.4 Å². The minimum absolute atomic E-state index is 0.589. The van der Waals surface area contributed by atoms with Gasteiger partial charge in [0.25, 0.3) is 0 Å². The van der Waals surface area contributed by atoms with Crippen LogP contribution in [0.5, 0.6) is 11.5 Å². The van der Waals surface area contributed by atoms with Crippen LogP contribution >= 0.6 is 117 Å². The highest BCUT2D eigenvalue weighted by atomic mass is 79.9. The molecule has 17 nitrogen and oxygen atoms in total. The highest BCUT2D eigenvalue weighted by molar-refractivity contribution is 9.11. The zero-order chi connectivity index (χ0) is 66.3. The van der Waals surface area contributed by atoms with Gasteiger partial charge in [-0.15, -0.1) is 0 Å². The van der Waals surface area contributed by atoms with Crippen molar-refractivity contribution >= 4 is 186 Å². The first-order chi connectivity index (χ1) is 44.4. The second-order valence-corrected chi connectivity index (χ2v) is 26.8. The van der Waals surface area contributed by atoms with E-state index in [4.69, 9.17) is 67.4 Å². The number of nitrogens with zero attached hydrogens (tertiary/aromatic N) is 4. The molecule has 0 aliphatic heterocycles. The van der Waals surface area contributed by atoms with Gasteiger partial charge in [-0.3, -0.25) is 13.9 Å². The lowest BCUT2D eigenvalue weighted by Gasteiger charge is -2.08. The highest BCUT2D eigenvalue weighted by Crippen LogP contribution is 2.32. The van der Waals surface area contributed by atoms with Crippen molar-refractivity contribution in [2.24, 2.45) is 17.2 Å². The number of carbonyl (C=O) groups excluding carboxylic acids is 1. The maximum atomic E-state index is 10.5. The molecule has 12 aromatic rings. The summed E-state index contributed by atoms with van der Waals surface area (Å²) in [5.41, 5.74) is 22.2. The van der Waals surface area contributed by atoms with Crippen molar-refractivity contribution in [2.75, 3.05) is 64.1 Å². The van der Waals surface area contributed by atoms with Crippen LogP contribution in [0, 0.1) is 0 Å². The van der Waals surface area contributed by atoms with Crippen molar-refractivity contribution in [2.45, 2.75) is 25.8 Å². The number of aromatic nitrogens is 4. The van der Waals surface area contributed by atoms with E-state index in [-0.39, 0.29) is 0 Å². The number of halogens is 5. The Bertz CT molecular complexity index is 4260. The summed E-state index contributed by atoms with van der Waals surface area (Å²) < 4.78 is 66.7. The minimum atomic E-state index is -4.67. The van der Waals surface area contributed by atoms with Gasteiger partial charge in [-0.05, 0) is 204 Å². The third-order valence-electron chi connectivity index (χ3n) is 12.7. The number of ether oxygens (including phenoxy) is 2. The van der Waals surface area contributed by atoms with Gasteiger partial charge >= 0.3 is 10.4 Å². The smallest absolute Gasteiger partial charge is 0.394 e. The van der Waals surface area contributed by atoms with Crippen molar-refractivity contribution in [1.82, 2.24) is 22.8 Å². The SMILES string of the molecule is COc1ccc(-c2ccc(C=O)cc2)cc1.COc1ccc(-c2ccc(CNCCCNc3nsc4ccc(Br)cc34)cc2)cc1.Clc1nsc2ccc(Br)cc12.Clc1nsc2ccccc12.NCCCN.NCCCNc1nsc2ccc(Br)cc12.O=S(=O)(O)O. The van der Waals surface area contributed by atoms with Gasteiger partial charge in [-0.1, -0.05) is 162 Å². The van der Waals surface area contributed by atoms with Crippen molar-refractivity contribution in [1.29, 1.82) is 0 Å². The number of hydrogen-bond acceptors (Lipinski definition) is 19. The predicted molar refractivity (Wildman–Crippen MR) is 398 cm³/mol. The topological polar surface area (TPSA) is 276 Å². The minimum Gasteiger partial charge on any atom is -0.497 e. The maximum absolute atomic E-state index is 10.5. The molecule has 0 bridgehead atoms. The van der Waals surface area contributed by atoms with E-state index >= 15 is 0 Å². The van der Waals surface area contributed by atoms with E-state index in [1.165, 1.54) is 83.0 Å². The van der Waals surface area contributed by atoms with Gasteiger partial charge < -0.3 is 42.6 Å². The molecule has 0 radical (unpaired) electrons. The van der Waals surface area contributed by atoms with Crippen LogP contribution in [0.3, 0.4) is 0 Å². The molecule has 0 unspecified atom stereocenters. The van der Waals surface area contributed by atoms with Gasteiger partial charge in [0.05, 0.1) is 33.0 Å². The fourth-order valence-corrected chi connectivity index (χ4v) is 12.6. The number of benzene rings is 8. The number of nitrogens with one attached hydrogen (secondary N) is 3. The lowest BCUT2D eigenvalue weighted by Crippen LogP contribution is -2.17. The summed E-state index contributed by atoms with van der Waals surface area (Å²) >= 11 is 27.9. The molecule has 92 heavy (non-hydrogen) atoms. The second-order valence-electron chi connectivity index (χ2n) is 19.2. The number of fused-ring (bicyclic) bond motifs is 4. The molecule has 0 atom stereocenters. The Hall–Kier alpha value is -6.08. The summed E-state index contributed by atoms with van der Waals surface area (Å²) in [7, 11) is -1.33. The highest BCUT2D eigenvalue weighted by Gasteiger charge is 2.09. The summed E-state index contributed by atoms with van der Waals surface area (Å²) in [5.74, 6) is 3.66. The first-order valence-corrected chi connectivity index (χ1v) is 35.8. The van der Waals surface area contributed by atoms with Crippen molar-refractivity contribution in [3.8, 4) is 33.8 Å². The molecule has 4 heterocycles. The van der Waals surface area contributed by atoms with Crippen LogP contribution in [0.4, 0.5) is 11.6 Å². The van der Waals surface area contributed by atoms with Crippen LogP contribution in [0.1, 0.15) is 35.2 Å². The Kier molecular flexibility index (Phi) is 32.8. The Morgan fingerprint density at radius 1 is 0.489 bits per heavy atom. The summed E-state index contributed by atoms with van der Waals surface area (Å²) in [6, 6.07) is 58.6. The molecule has 0 aliphatic rings. The Morgan fingerprint density at radius 2 is 0.870 bits per heavy atom. The van der Waals surface area contributed by atoms with Gasteiger partial charge in [0.2, 0.25) is 0 Å². The Balaban J connectivity index is 0.000000185. The lowest BCUT2D eigenvalue weighted by molar-refractivity contribution is 0.112. The van der Waals surface area contributed by atoms with Crippen LogP contribution < -0.4 is 42.6 Å². The van der Waals surface area contributed by atoms with Gasteiger partial charge in [0.1, 0.15) is 29.4 Å². The molecular formula is C65H67Br3Cl2N10O7S5. The lowest BCUT2D eigenvalue weighted by atomic mass is 10.0. The first-order valence-electron chi connectivity index (χ1n) is 28.2. The van der Waals surface area contributed by atoms with Crippen molar-refractivity contribution < 1.29 is 31.8 Å². The molecule has 11 N–H and O–H groups in total. The number of hydrogen-bond donors (Lipinski definition) is 8. The summed E-state index contributed by atoms with van der Waals surface area (Å²) in [6.07, 6.45) is 3.79. The second kappa shape index (κ2) is 40.2. The fourth-order valence-electron chi connectivity index (χ4n) is 8.03. The maximum Gasteiger partial charge on any atom is 0.394 e. The van der Waals surface area contributed by atoms with Crippen LogP contribution in [0.15, 0.2) is 189 Å². The fraction of sp³-hybridized carbons (Fsp3) is 0.185. The number of anilines is 2. The monoisotopic (exact) mass is 1570 g/mol.